The van der Waals surface area contributed by atoms with E-state index in [1.54, 1.807) is 31.4 Å². The number of hydrogen-bond acceptors (Lipinski definition) is 5. The van der Waals surface area contributed by atoms with Crippen LogP contribution in [-0.2, 0) is 4.74 Å². The molecule has 0 bridgehead atoms. The summed E-state index contributed by atoms with van der Waals surface area (Å²) in [5.74, 6) is 0.455. The molecule has 2 rings (SSSR count). The number of rotatable bonds is 5. The number of piperazine rings is 1. The normalized spacial score (nSPS) is 17.4. The van der Waals surface area contributed by atoms with Crippen LogP contribution in [0.25, 0.3) is 0 Å². The second-order valence-corrected chi connectivity index (χ2v) is 5.55. The Bertz CT molecular complexity index is 459. The minimum atomic E-state index is -0.278. The first-order valence-electron chi connectivity index (χ1n) is 7.34. The molecule has 124 valence electrons. The Balaban J connectivity index is 0.00000242. The van der Waals surface area contributed by atoms with Gasteiger partial charge in [0.05, 0.1) is 12.7 Å². The van der Waals surface area contributed by atoms with Gasteiger partial charge in [-0.25, -0.2) is 4.79 Å². The highest BCUT2D eigenvalue weighted by molar-refractivity contribution is 5.89. The third-order valence-corrected chi connectivity index (χ3v) is 3.75. The van der Waals surface area contributed by atoms with Crippen LogP contribution in [0.3, 0.4) is 0 Å². The SMILES string of the molecule is COc1ccc(C(=O)OC(C)CN2CCN(C)CC2)cc1.[Cl-]. The zero-order valence-corrected chi connectivity index (χ0v) is 14.2. The lowest BCUT2D eigenvalue weighted by Gasteiger charge is -2.33. The fourth-order valence-corrected chi connectivity index (χ4v) is 2.41. The predicted molar refractivity (Wildman–Crippen MR) is 81.8 cm³/mol. The fraction of sp³-hybridized carbons (Fsp3) is 0.562. The van der Waals surface area contributed by atoms with Gasteiger partial charge < -0.3 is 26.8 Å². The lowest BCUT2D eigenvalue weighted by Crippen LogP contribution is -3.00. The van der Waals surface area contributed by atoms with Gasteiger partial charge in [-0.15, -0.1) is 0 Å². The molecule has 0 saturated carbocycles. The summed E-state index contributed by atoms with van der Waals surface area (Å²) >= 11 is 0. The van der Waals surface area contributed by atoms with Gasteiger partial charge in [0.15, 0.2) is 0 Å². The van der Waals surface area contributed by atoms with E-state index in [2.05, 4.69) is 16.8 Å². The number of carbonyl (C=O) groups is 1. The molecule has 22 heavy (non-hydrogen) atoms. The van der Waals surface area contributed by atoms with E-state index in [4.69, 9.17) is 9.47 Å². The van der Waals surface area contributed by atoms with Gasteiger partial charge in [0.1, 0.15) is 11.9 Å². The van der Waals surface area contributed by atoms with Gasteiger partial charge in [-0.2, -0.15) is 0 Å². The van der Waals surface area contributed by atoms with Crippen LogP contribution < -0.4 is 17.1 Å². The van der Waals surface area contributed by atoms with E-state index in [1.807, 2.05) is 6.92 Å². The van der Waals surface area contributed by atoms with Crippen molar-refractivity contribution >= 4 is 5.97 Å². The monoisotopic (exact) mass is 327 g/mol. The van der Waals surface area contributed by atoms with Crippen LogP contribution in [0.15, 0.2) is 24.3 Å². The van der Waals surface area contributed by atoms with Crippen LogP contribution in [0.5, 0.6) is 5.75 Å². The van der Waals surface area contributed by atoms with E-state index < -0.39 is 0 Å². The van der Waals surface area contributed by atoms with E-state index in [9.17, 15) is 4.79 Å². The molecule has 1 aliphatic rings. The zero-order valence-electron chi connectivity index (χ0n) is 13.4. The molecule has 1 unspecified atom stereocenters. The van der Waals surface area contributed by atoms with Crippen LogP contribution in [0.1, 0.15) is 17.3 Å². The number of esters is 1. The number of likely N-dealkylation sites (N-methyl/N-ethyl adjacent to an activating group) is 1. The van der Waals surface area contributed by atoms with Crippen LogP contribution >= 0.6 is 0 Å². The maximum Gasteiger partial charge on any atom is 0.338 e. The van der Waals surface area contributed by atoms with E-state index >= 15 is 0 Å². The first-order valence-corrected chi connectivity index (χ1v) is 7.34. The zero-order chi connectivity index (χ0) is 15.2. The quantitative estimate of drug-likeness (QED) is 0.615. The van der Waals surface area contributed by atoms with Gasteiger partial charge in [-0.3, -0.25) is 4.90 Å². The van der Waals surface area contributed by atoms with Crippen molar-refractivity contribution in [1.29, 1.82) is 0 Å². The molecule has 1 aromatic rings. The number of benzene rings is 1. The Kier molecular flexibility index (Phi) is 7.65. The average molecular weight is 328 g/mol. The molecular weight excluding hydrogens is 304 g/mol. The average Bonchev–Trinajstić information content (AvgIpc) is 2.49. The molecule has 0 aliphatic carbocycles. The second-order valence-electron chi connectivity index (χ2n) is 5.55. The summed E-state index contributed by atoms with van der Waals surface area (Å²) < 4.78 is 10.6. The fourth-order valence-electron chi connectivity index (χ4n) is 2.41. The lowest BCUT2D eigenvalue weighted by molar-refractivity contribution is -0.0000476. The molecule has 0 radical (unpaired) electrons. The van der Waals surface area contributed by atoms with Crippen LogP contribution in [0.2, 0.25) is 0 Å². The minimum absolute atomic E-state index is 0. The maximum atomic E-state index is 12.1. The Morgan fingerprint density at radius 1 is 1.18 bits per heavy atom. The Morgan fingerprint density at radius 2 is 1.77 bits per heavy atom. The van der Waals surface area contributed by atoms with E-state index in [-0.39, 0.29) is 24.5 Å². The van der Waals surface area contributed by atoms with Gasteiger partial charge in [0.2, 0.25) is 0 Å². The topological polar surface area (TPSA) is 42.0 Å². The molecule has 0 aromatic heterocycles. The molecule has 1 fully saturated rings. The minimum Gasteiger partial charge on any atom is -1.00 e. The number of nitrogens with zero attached hydrogens (tertiary/aromatic N) is 2. The third-order valence-electron chi connectivity index (χ3n) is 3.75. The van der Waals surface area contributed by atoms with Crippen molar-refractivity contribution in [3.05, 3.63) is 29.8 Å². The predicted octanol–water partition coefficient (Wildman–Crippen LogP) is -1.51. The molecule has 1 aromatic carbocycles. The molecule has 1 aliphatic heterocycles. The molecule has 1 heterocycles. The van der Waals surface area contributed by atoms with Crippen molar-refractivity contribution in [1.82, 2.24) is 9.80 Å². The Morgan fingerprint density at radius 3 is 2.32 bits per heavy atom. The van der Waals surface area contributed by atoms with Gasteiger partial charge >= 0.3 is 5.97 Å². The third kappa shape index (κ3) is 5.48. The molecule has 1 atom stereocenters. The first-order chi connectivity index (χ1) is 10.1. The van der Waals surface area contributed by atoms with Crippen LogP contribution in [0, 0.1) is 0 Å². The van der Waals surface area contributed by atoms with Gasteiger partial charge in [-0.05, 0) is 38.2 Å². The summed E-state index contributed by atoms with van der Waals surface area (Å²) in [6, 6.07) is 6.98. The molecule has 0 spiro atoms. The van der Waals surface area contributed by atoms with Crippen molar-refractivity contribution in [2.24, 2.45) is 0 Å². The first kappa shape index (κ1) is 18.7. The highest BCUT2D eigenvalue weighted by Gasteiger charge is 2.18. The van der Waals surface area contributed by atoms with E-state index in [0.29, 0.717) is 5.56 Å². The summed E-state index contributed by atoms with van der Waals surface area (Å²) in [6.07, 6.45) is -0.108. The molecule has 0 N–H and O–H groups in total. The number of hydrogen-bond donors (Lipinski definition) is 0. The van der Waals surface area contributed by atoms with Crippen LogP contribution in [-0.4, -0.2) is 68.8 Å². The Labute approximate surface area is 138 Å². The summed E-state index contributed by atoms with van der Waals surface area (Å²) in [7, 11) is 3.73. The lowest BCUT2D eigenvalue weighted by atomic mass is 10.2. The molecule has 5 nitrogen and oxygen atoms in total. The highest BCUT2D eigenvalue weighted by Crippen LogP contribution is 2.13. The molecule has 1 saturated heterocycles. The van der Waals surface area contributed by atoms with Crippen molar-refractivity contribution < 1.29 is 26.7 Å². The highest BCUT2D eigenvalue weighted by atomic mass is 35.5. The molecule has 6 heteroatoms. The second kappa shape index (κ2) is 8.98. The van der Waals surface area contributed by atoms with Crippen molar-refractivity contribution in [2.45, 2.75) is 13.0 Å². The number of methoxy groups -OCH3 is 1. The number of carbonyl (C=O) groups excluding carboxylic acids is 1. The van der Waals surface area contributed by atoms with Crippen LogP contribution in [0.4, 0.5) is 0 Å². The number of halogens is 1. The van der Waals surface area contributed by atoms with Gasteiger partial charge in [0.25, 0.3) is 0 Å². The van der Waals surface area contributed by atoms with Crippen molar-refractivity contribution in [3.63, 3.8) is 0 Å². The van der Waals surface area contributed by atoms with Crippen molar-refractivity contribution in [2.75, 3.05) is 46.9 Å². The maximum absolute atomic E-state index is 12.1. The van der Waals surface area contributed by atoms with Gasteiger partial charge in [-0.1, -0.05) is 0 Å². The Hall–Kier alpha value is -1.30. The number of ether oxygens (including phenoxy) is 2. The standard InChI is InChI=1S/C16H24N2O3.ClH/c1-13(12-18-10-8-17(2)9-11-18)21-16(19)14-4-6-15(20-3)7-5-14;/h4-7,13H,8-12H2,1-3H3;1H/p-1. The summed E-state index contributed by atoms with van der Waals surface area (Å²) in [5.41, 5.74) is 0.557. The summed E-state index contributed by atoms with van der Waals surface area (Å²) in [4.78, 5) is 16.7. The molecular formula is C16H24ClN2O3-. The van der Waals surface area contributed by atoms with E-state index in [0.717, 1.165) is 38.5 Å². The van der Waals surface area contributed by atoms with Gasteiger partial charge in [0, 0.05) is 32.7 Å². The summed E-state index contributed by atoms with van der Waals surface area (Å²) in [5, 5.41) is 0. The summed E-state index contributed by atoms with van der Waals surface area (Å²) in [6.45, 7) is 6.93. The van der Waals surface area contributed by atoms with E-state index in [1.165, 1.54) is 0 Å². The van der Waals surface area contributed by atoms with Crippen molar-refractivity contribution in [3.8, 4) is 5.75 Å². The smallest absolute Gasteiger partial charge is 0.338 e. The molecule has 0 amide bonds. The largest absolute Gasteiger partial charge is 1.00 e.